The highest BCUT2D eigenvalue weighted by Crippen LogP contribution is 2.30. The van der Waals surface area contributed by atoms with E-state index < -0.39 is 11.4 Å². The zero-order valence-corrected chi connectivity index (χ0v) is 9.22. The molecule has 1 aromatic rings. The van der Waals surface area contributed by atoms with E-state index in [-0.39, 0.29) is 0 Å². The molecule has 1 unspecified atom stereocenters. The zero-order valence-electron chi connectivity index (χ0n) is 9.22. The summed E-state index contributed by atoms with van der Waals surface area (Å²) in [6.07, 6.45) is 2.90. The Labute approximate surface area is 93.2 Å². The standard InChI is InChI=1S/C10H15N3O3/c1-10(9(14)15)3-2-4-13(6-10)5-8-11-7-16-12-8/h7H,2-6H2,1H3,(H,14,15). The number of carbonyl (C=O) groups is 1. The van der Waals surface area contributed by atoms with Crippen LogP contribution in [-0.2, 0) is 11.3 Å². The molecule has 16 heavy (non-hydrogen) atoms. The summed E-state index contributed by atoms with van der Waals surface area (Å²) in [5.41, 5.74) is -0.651. The van der Waals surface area contributed by atoms with Gasteiger partial charge < -0.3 is 9.63 Å². The molecule has 1 atom stereocenters. The van der Waals surface area contributed by atoms with E-state index in [1.807, 2.05) is 0 Å². The third-order valence-electron chi connectivity index (χ3n) is 3.06. The van der Waals surface area contributed by atoms with Gasteiger partial charge in [0.05, 0.1) is 12.0 Å². The fourth-order valence-electron chi connectivity index (χ4n) is 2.12. The Hall–Kier alpha value is -1.43. The third kappa shape index (κ3) is 2.21. The summed E-state index contributed by atoms with van der Waals surface area (Å²) in [4.78, 5) is 17.1. The molecule has 2 rings (SSSR count). The second-order valence-electron chi connectivity index (χ2n) is 4.53. The number of carboxylic acid groups (broad SMARTS) is 1. The first-order valence-corrected chi connectivity index (χ1v) is 5.31. The number of hydrogen-bond donors (Lipinski definition) is 1. The van der Waals surface area contributed by atoms with Crippen LogP contribution in [0.3, 0.4) is 0 Å². The van der Waals surface area contributed by atoms with Gasteiger partial charge >= 0.3 is 5.97 Å². The predicted molar refractivity (Wildman–Crippen MR) is 54.6 cm³/mol. The normalized spacial score (nSPS) is 26.8. The van der Waals surface area contributed by atoms with Gasteiger partial charge in [0, 0.05) is 6.54 Å². The van der Waals surface area contributed by atoms with Gasteiger partial charge in [-0.25, -0.2) is 0 Å². The van der Waals surface area contributed by atoms with Crippen molar-refractivity contribution in [1.82, 2.24) is 15.0 Å². The monoisotopic (exact) mass is 225 g/mol. The van der Waals surface area contributed by atoms with Crippen LogP contribution in [-0.4, -0.2) is 39.2 Å². The lowest BCUT2D eigenvalue weighted by atomic mass is 9.82. The first kappa shape index (κ1) is 11.1. The second kappa shape index (κ2) is 4.21. The Kier molecular flexibility index (Phi) is 2.91. The molecule has 0 amide bonds. The van der Waals surface area contributed by atoms with Gasteiger partial charge in [0.1, 0.15) is 0 Å². The number of likely N-dealkylation sites (tertiary alicyclic amines) is 1. The summed E-state index contributed by atoms with van der Waals surface area (Å²) in [6.45, 7) is 3.77. The van der Waals surface area contributed by atoms with Crippen molar-refractivity contribution in [1.29, 1.82) is 0 Å². The first-order valence-electron chi connectivity index (χ1n) is 5.31. The highest BCUT2D eigenvalue weighted by molar-refractivity contribution is 5.74. The number of aromatic nitrogens is 2. The molecule has 0 saturated carbocycles. The molecule has 6 heteroatoms. The molecule has 0 radical (unpaired) electrons. The lowest BCUT2D eigenvalue weighted by Gasteiger charge is -2.36. The van der Waals surface area contributed by atoms with Gasteiger partial charge in [0.2, 0.25) is 6.39 Å². The van der Waals surface area contributed by atoms with Gasteiger partial charge in [-0.15, -0.1) is 0 Å². The number of rotatable bonds is 3. The van der Waals surface area contributed by atoms with Crippen molar-refractivity contribution >= 4 is 5.97 Å². The molecular weight excluding hydrogens is 210 g/mol. The fraction of sp³-hybridized carbons (Fsp3) is 0.700. The molecule has 1 aliphatic heterocycles. The van der Waals surface area contributed by atoms with Gasteiger partial charge in [0.15, 0.2) is 5.82 Å². The molecule has 88 valence electrons. The molecule has 0 aromatic carbocycles. The maximum Gasteiger partial charge on any atom is 0.310 e. The van der Waals surface area contributed by atoms with Crippen LogP contribution in [0, 0.1) is 5.41 Å². The second-order valence-corrected chi connectivity index (χ2v) is 4.53. The molecule has 0 bridgehead atoms. The van der Waals surface area contributed by atoms with Crippen LogP contribution < -0.4 is 0 Å². The van der Waals surface area contributed by atoms with E-state index in [1.165, 1.54) is 6.39 Å². The van der Waals surface area contributed by atoms with Crippen LogP contribution >= 0.6 is 0 Å². The molecule has 0 spiro atoms. The SMILES string of the molecule is CC1(C(=O)O)CCCN(Cc2ncon2)C1. The number of nitrogens with zero attached hydrogens (tertiary/aromatic N) is 3. The van der Waals surface area contributed by atoms with Crippen molar-refractivity contribution in [3.05, 3.63) is 12.2 Å². The Morgan fingerprint density at radius 2 is 2.56 bits per heavy atom. The van der Waals surface area contributed by atoms with Gasteiger partial charge in [-0.3, -0.25) is 9.69 Å². The van der Waals surface area contributed by atoms with Gasteiger partial charge in [-0.1, -0.05) is 5.16 Å². The Morgan fingerprint density at radius 1 is 1.75 bits per heavy atom. The van der Waals surface area contributed by atoms with Crippen LogP contribution in [0.2, 0.25) is 0 Å². The maximum atomic E-state index is 11.1. The lowest BCUT2D eigenvalue weighted by molar-refractivity contribution is -0.151. The number of aliphatic carboxylic acids is 1. The zero-order chi connectivity index (χ0) is 11.6. The van der Waals surface area contributed by atoms with E-state index in [0.29, 0.717) is 18.9 Å². The first-order chi connectivity index (χ1) is 7.60. The summed E-state index contributed by atoms with van der Waals surface area (Å²) in [5, 5.41) is 12.9. The lowest BCUT2D eigenvalue weighted by Crippen LogP contribution is -2.45. The van der Waals surface area contributed by atoms with E-state index in [1.54, 1.807) is 6.92 Å². The molecule has 0 aliphatic carbocycles. The van der Waals surface area contributed by atoms with Crippen molar-refractivity contribution in [2.24, 2.45) is 5.41 Å². The largest absolute Gasteiger partial charge is 0.481 e. The van der Waals surface area contributed by atoms with Crippen molar-refractivity contribution in [3.63, 3.8) is 0 Å². The quantitative estimate of drug-likeness (QED) is 0.818. The molecule has 1 aromatic heterocycles. The Balaban J connectivity index is 1.99. The van der Waals surface area contributed by atoms with E-state index in [2.05, 4.69) is 19.6 Å². The molecule has 1 N–H and O–H groups in total. The van der Waals surface area contributed by atoms with Crippen LogP contribution in [0.25, 0.3) is 0 Å². The fourth-order valence-corrected chi connectivity index (χ4v) is 2.12. The van der Waals surface area contributed by atoms with Crippen molar-refractivity contribution < 1.29 is 14.4 Å². The molecule has 6 nitrogen and oxygen atoms in total. The van der Waals surface area contributed by atoms with Crippen LogP contribution in [0.15, 0.2) is 10.9 Å². The summed E-state index contributed by atoms with van der Waals surface area (Å²) < 4.78 is 4.65. The van der Waals surface area contributed by atoms with E-state index in [9.17, 15) is 4.79 Å². The molecule has 1 aliphatic rings. The minimum Gasteiger partial charge on any atom is -0.481 e. The highest BCUT2D eigenvalue weighted by atomic mass is 16.5. The average molecular weight is 225 g/mol. The maximum absolute atomic E-state index is 11.1. The van der Waals surface area contributed by atoms with Crippen LogP contribution in [0.1, 0.15) is 25.6 Å². The van der Waals surface area contributed by atoms with E-state index in [4.69, 9.17) is 5.11 Å². The summed E-state index contributed by atoms with van der Waals surface area (Å²) in [5.74, 6) is -0.125. The highest BCUT2D eigenvalue weighted by Gasteiger charge is 2.37. The van der Waals surface area contributed by atoms with Crippen LogP contribution in [0.4, 0.5) is 0 Å². The Bertz CT molecular complexity index is 365. The average Bonchev–Trinajstić information content (AvgIpc) is 2.70. The third-order valence-corrected chi connectivity index (χ3v) is 3.06. The summed E-state index contributed by atoms with van der Waals surface area (Å²) >= 11 is 0. The number of carboxylic acids is 1. The minimum atomic E-state index is -0.731. The molecule has 2 heterocycles. The molecule has 1 saturated heterocycles. The van der Waals surface area contributed by atoms with Crippen LogP contribution in [0.5, 0.6) is 0 Å². The van der Waals surface area contributed by atoms with Crippen molar-refractivity contribution in [2.75, 3.05) is 13.1 Å². The predicted octanol–water partition coefficient (Wildman–Crippen LogP) is 0.756. The number of hydrogen-bond acceptors (Lipinski definition) is 5. The topological polar surface area (TPSA) is 79.5 Å². The van der Waals surface area contributed by atoms with Gasteiger partial charge in [-0.05, 0) is 26.3 Å². The minimum absolute atomic E-state index is 0.539. The smallest absolute Gasteiger partial charge is 0.310 e. The van der Waals surface area contributed by atoms with Gasteiger partial charge in [-0.2, -0.15) is 4.98 Å². The summed E-state index contributed by atoms with van der Waals surface area (Å²) in [6, 6.07) is 0. The molecule has 1 fully saturated rings. The molecular formula is C10H15N3O3. The van der Waals surface area contributed by atoms with E-state index in [0.717, 1.165) is 19.4 Å². The Morgan fingerprint density at radius 3 is 3.19 bits per heavy atom. The van der Waals surface area contributed by atoms with Crippen molar-refractivity contribution in [3.8, 4) is 0 Å². The number of piperidine rings is 1. The summed E-state index contributed by atoms with van der Waals surface area (Å²) in [7, 11) is 0. The van der Waals surface area contributed by atoms with E-state index >= 15 is 0 Å². The van der Waals surface area contributed by atoms with Gasteiger partial charge in [0.25, 0.3) is 0 Å². The van der Waals surface area contributed by atoms with Crippen molar-refractivity contribution in [2.45, 2.75) is 26.3 Å².